The van der Waals surface area contributed by atoms with Crippen LogP contribution >= 0.6 is 0 Å². The van der Waals surface area contributed by atoms with Crippen LogP contribution in [0.15, 0.2) is 12.2 Å². The molecule has 4 rings (SSSR count). The Morgan fingerprint density at radius 2 is 1.81 bits per heavy atom. The minimum atomic E-state index is -1.15. The third kappa shape index (κ3) is 2.18. The van der Waals surface area contributed by atoms with Gasteiger partial charge < -0.3 is 9.84 Å². The molecule has 1 N–H and O–H groups in total. The minimum Gasteiger partial charge on any atom is -0.461 e. The standard InChI is InChI=1S/C22H30O5/c1-11-14-6-7-15-21(5)10-13(24)9-20(3,4)16(21)8-17(25)22(15,18(11)26)19(14)27-12(2)23/h14-17,19,25H,1,6-10H2,2-5H3. The molecule has 4 aliphatic carbocycles. The summed E-state index contributed by atoms with van der Waals surface area (Å²) in [6.07, 6.45) is 1.30. The van der Waals surface area contributed by atoms with Crippen molar-refractivity contribution < 1.29 is 24.2 Å². The zero-order valence-corrected chi connectivity index (χ0v) is 16.7. The molecule has 1 spiro atoms. The maximum atomic E-state index is 13.5. The van der Waals surface area contributed by atoms with Crippen LogP contribution in [0.1, 0.15) is 59.8 Å². The van der Waals surface area contributed by atoms with E-state index in [1.54, 1.807) is 0 Å². The number of rotatable bonds is 1. The number of carbonyl (C=O) groups is 3. The second-order valence-electron chi connectivity index (χ2n) is 10.2. The van der Waals surface area contributed by atoms with Crippen LogP contribution in [-0.2, 0) is 19.1 Å². The number of aliphatic hydroxyl groups is 1. The molecule has 2 bridgehead atoms. The summed E-state index contributed by atoms with van der Waals surface area (Å²) in [5, 5.41) is 11.4. The van der Waals surface area contributed by atoms with Gasteiger partial charge in [0.15, 0.2) is 5.78 Å². The SMILES string of the molecule is C=C1C(=O)C23C(O)CC4C(C)(C)CC(=O)CC4(C)C2CCC1C3OC(C)=O. The van der Waals surface area contributed by atoms with E-state index < -0.39 is 23.6 Å². The van der Waals surface area contributed by atoms with Crippen LogP contribution in [0.4, 0.5) is 0 Å². The normalized spacial score (nSPS) is 48.0. The predicted molar refractivity (Wildman–Crippen MR) is 98.6 cm³/mol. The highest BCUT2D eigenvalue weighted by molar-refractivity contribution is 6.05. The Kier molecular flexibility index (Phi) is 3.86. The van der Waals surface area contributed by atoms with E-state index in [1.165, 1.54) is 6.92 Å². The number of hydrogen-bond acceptors (Lipinski definition) is 5. The monoisotopic (exact) mass is 374 g/mol. The number of ketones is 2. The van der Waals surface area contributed by atoms with Crippen molar-refractivity contribution in [3.63, 3.8) is 0 Å². The Labute approximate surface area is 160 Å². The van der Waals surface area contributed by atoms with Gasteiger partial charge in [-0.15, -0.1) is 0 Å². The molecule has 0 heterocycles. The van der Waals surface area contributed by atoms with Gasteiger partial charge in [-0.3, -0.25) is 14.4 Å². The van der Waals surface area contributed by atoms with Crippen molar-refractivity contribution in [2.24, 2.45) is 34.0 Å². The van der Waals surface area contributed by atoms with E-state index in [0.717, 1.165) is 6.42 Å². The summed E-state index contributed by atoms with van der Waals surface area (Å²) in [6.45, 7) is 11.7. The molecular formula is C22H30O5. The molecule has 148 valence electrons. The number of aliphatic hydroxyl groups excluding tert-OH is 1. The van der Waals surface area contributed by atoms with Crippen LogP contribution in [0.3, 0.4) is 0 Å². The van der Waals surface area contributed by atoms with Gasteiger partial charge in [0, 0.05) is 25.7 Å². The van der Waals surface area contributed by atoms with Crippen LogP contribution in [0.2, 0.25) is 0 Å². The molecule has 0 radical (unpaired) electrons. The topological polar surface area (TPSA) is 80.7 Å². The summed E-state index contributed by atoms with van der Waals surface area (Å²) >= 11 is 0. The van der Waals surface area contributed by atoms with E-state index in [2.05, 4.69) is 27.4 Å². The molecule has 4 fully saturated rings. The lowest BCUT2D eigenvalue weighted by atomic mass is 9.39. The van der Waals surface area contributed by atoms with Crippen molar-refractivity contribution >= 4 is 17.5 Å². The lowest BCUT2D eigenvalue weighted by Crippen LogP contribution is -2.68. The van der Waals surface area contributed by atoms with E-state index in [4.69, 9.17) is 4.74 Å². The van der Waals surface area contributed by atoms with Gasteiger partial charge in [-0.1, -0.05) is 27.4 Å². The van der Waals surface area contributed by atoms with Crippen molar-refractivity contribution in [3.05, 3.63) is 12.2 Å². The molecule has 0 aromatic carbocycles. The molecule has 7 unspecified atom stereocenters. The highest BCUT2D eigenvalue weighted by Gasteiger charge is 2.75. The molecule has 5 heteroatoms. The average Bonchev–Trinajstić information content (AvgIpc) is 2.65. The van der Waals surface area contributed by atoms with Gasteiger partial charge in [-0.2, -0.15) is 0 Å². The van der Waals surface area contributed by atoms with E-state index in [1.807, 2.05) is 0 Å². The first kappa shape index (κ1) is 18.9. The first-order valence-electron chi connectivity index (χ1n) is 10.1. The molecule has 0 aromatic heterocycles. The number of Topliss-reactive ketones (excluding diaryl/α,β-unsaturated/α-hetero) is 2. The molecule has 0 amide bonds. The number of esters is 1. The fourth-order valence-electron chi connectivity index (χ4n) is 7.67. The predicted octanol–water partition coefficient (Wildman–Crippen LogP) is 2.85. The first-order chi connectivity index (χ1) is 12.5. The van der Waals surface area contributed by atoms with E-state index in [0.29, 0.717) is 31.3 Å². The molecule has 27 heavy (non-hydrogen) atoms. The quantitative estimate of drug-likeness (QED) is 0.564. The maximum Gasteiger partial charge on any atom is 0.302 e. The molecule has 5 nitrogen and oxygen atoms in total. The largest absolute Gasteiger partial charge is 0.461 e. The van der Waals surface area contributed by atoms with E-state index in [9.17, 15) is 19.5 Å². The van der Waals surface area contributed by atoms with Crippen LogP contribution in [0, 0.1) is 34.0 Å². The number of ether oxygens (including phenoxy) is 1. The van der Waals surface area contributed by atoms with Crippen molar-refractivity contribution in [1.82, 2.24) is 0 Å². The molecule has 4 saturated carbocycles. The first-order valence-corrected chi connectivity index (χ1v) is 10.1. The van der Waals surface area contributed by atoms with Crippen molar-refractivity contribution in [1.29, 1.82) is 0 Å². The Morgan fingerprint density at radius 3 is 2.44 bits per heavy atom. The Balaban J connectivity index is 1.90. The number of fused-ring (bicyclic) bond motifs is 3. The van der Waals surface area contributed by atoms with Crippen molar-refractivity contribution in [3.8, 4) is 0 Å². The van der Waals surface area contributed by atoms with Gasteiger partial charge in [0.25, 0.3) is 0 Å². The van der Waals surface area contributed by atoms with E-state index >= 15 is 0 Å². The fourth-order valence-corrected chi connectivity index (χ4v) is 7.67. The smallest absolute Gasteiger partial charge is 0.302 e. The third-order valence-corrected chi connectivity index (χ3v) is 8.38. The van der Waals surface area contributed by atoms with Gasteiger partial charge in [0.05, 0.1) is 11.5 Å². The Hall–Kier alpha value is -1.49. The summed E-state index contributed by atoms with van der Waals surface area (Å²) in [5.74, 6) is -0.629. The number of hydrogen-bond donors (Lipinski definition) is 1. The molecule has 0 aromatic rings. The second-order valence-corrected chi connectivity index (χ2v) is 10.2. The molecule has 0 aliphatic heterocycles. The summed E-state index contributed by atoms with van der Waals surface area (Å²) < 4.78 is 5.69. The molecular weight excluding hydrogens is 344 g/mol. The van der Waals surface area contributed by atoms with Crippen LogP contribution in [-0.4, -0.2) is 34.9 Å². The fraction of sp³-hybridized carbons (Fsp3) is 0.773. The summed E-state index contributed by atoms with van der Waals surface area (Å²) in [5.41, 5.74) is -1.28. The third-order valence-electron chi connectivity index (χ3n) is 8.38. The Bertz CT molecular complexity index is 752. The van der Waals surface area contributed by atoms with Gasteiger partial charge in [-0.05, 0) is 47.5 Å². The Morgan fingerprint density at radius 1 is 1.15 bits per heavy atom. The summed E-state index contributed by atoms with van der Waals surface area (Å²) in [7, 11) is 0. The van der Waals surface area contributed by atoms with Gasteiger partial charge in [0.2, 0.25) is 0 Å². The lowest BCUT2D eigenvalue weighted by molar-refractivity contribution is -0.230. The van der Waals surface area contributed by atoms with Crippen LogP contribution < -0.4 is 0 Å². The zero-order chi connectivity index (χ0) is 19.9. The van der Waals surface area contributed by atoms with Gasteiger partial charge in [0.1, 0.15) is 11.9 Å². The second kappa shape index (κ2) is 5.53. The summed E-state index contributed by atoms with van der Waals surface area (Å²) in [6, 6.07) is 0. The maximum absolute atomic E-state index is 13.5. The highest BCUT2D eigenvalue weighted by atomic mass is 16.5. The number of carbonyl (C=O) groups excluding carboxylic acids is 3. The molecule has 4 aliphatic rings. The zero-order valence-electron chi connectivity index (χ0n) is 16.7. The van der Waals surface area contributed by atoms with Crippen LogP contribution in [0.25, 0.3) is 0 Å². The van der Waals surface area contributed by atoms with E-state index in [-0.39, 0.29) is 40.2 Å². The minimum absolute atomic E-state index is 0.143. The average molecular weight is 374 g/mol. The van der Waals surface area contributed by atoms with Gasteiger partial charge >= 0.3 is 5.97 Å². The lowest BCUT2D eigenvalue weighted by Gasteiger charge is -2.64. The van der Waals surface area contributed by atoms with Crippen LogP contribution in [0.5, 0.6) is 0 Å². The molecule has 0 saturated heterocycles. The van der Waals surface area contributed by atoms with Gasteiger partial charge in [-0.25, -0.2) is 0 Å². The van der Waals surface area contributed by atoms with Crippen molar-refractivity contribution in [2.45, 2.75) is 72.0 Å². The highest BCUT2D eigenvalue weighted by Crippen LogP contribution is 2.71. The molecule has 7 atom stereocenters. The summed E-state index contributed by atoms with van der Waals surface area (Å²) in [4.78, 5) is 38.0. The van der Waals surface area contributed by atoms with Crippen molar-refractivity contribution in [2.75, 3.05) is 0 Å².